The second-order valence-electron chi connectivity index (χ2n) is 7.26. The van der Waals surface area contributed by atoms with Crippen LogP contribution in [0.25, 0.3) is 0 Å². The van der Waals surface area contributed by atoms with Crippen molar-refractivity contribution < 1.29 is 14.3 Å². The van der Waals surface area contributed by atoms with Gasteiger partial charge in [-0.25, -0.2) is 4.79 Å². The van der Waals surface area contributed by atoms with Crippen LogP contribution in [0.5, 0.6) is 0 Å². The lowest BCUT2D eigenvalue weighted by Crippen LogP contribution is -2.45. The lowest BCUT2D eigenvalue weighted by atomic mass is 9.98. The van der Waals surface area contributed by atoms with E-state index in [2.05, 4.69) is 19.1 Å². The van der Waals surface area contributed by atoms with Crippen LogP contribution in [-0.2, 0) is 27.2 Å². The molecule has 0 saturated heterocycles. The van der Waals surface area contributed by atoms with Crippen molar-refractivity contribution >= 4 is 33.9 Å². The largest absolute Gasteiger partial charge is 0.464 e. The first-order valence-corrected chi connectivity index (χ1v) is 10.6. The fraction of sp³-hybridized carbons (Fsp3) is 0.409. The van der Waals surface area contributed by atoms with Gasteiger partial charge in [0.25, 0.3) is 0 Å². The average Bonchev–Trinajstić information content (AvgIpc) is 3.21. The highest BCUT2D eigenvalue weighted by Crippen LogP contribution is 2.44. The van der Waals surface area contributed by atoms with Gasteiger partial charge in [-0.15, -0.1) is 11.3 Å². The van der Waals surface area contributed by atoms with Crippen molar-refractivity contribution in [2.45, 2.75) is 46.1 Å². The molecule has 1 unspecified atom stereocenters. The summed E-state index contributed by atoms with van der Waals surface area (Å²) < 4.78 is 5.20. The molecular weight excluding hydrogens is 372 g/mol. The maximum Gasteiger partial charge on any atom is 0.328 e. The minimum atomic E-state index is -0.669. The molecule has 5 nitrogen and oxygen atoms in total. The van der Waals surface area contributed by atoms with Crippen LogP contribution in [0, 0.1) is 6.92 Å². The number of amides is 1. The summed E-state index contributed by atoms with van der Waals surface area (Å²) in [5.41, 5.74) is 5.36. The van der Waals surface area contributed by atoms with Crippen molar-refractivity contribution in [3.8, 4) is 0 Å². The molecule has 1 amide bonds. The predicted molar refractivity (Wildman–Crippen MR) is 112 cm³/mol. The molecule has 0 saturated carbocycles. The second-order valence-corrected chi connectivity index (χ2v) is 8.35. The van der Waals surface area contributed by atoms with Gasteiger partial charge in [0.2, 0.25) is 5.91 Å². The molecule has 0 bridgehead atoms. The Morgan fingerprint density at radius 2 is 2.18 bits per heavy atom. The first kappa shape index (κ1) is 18.9. The van der Waals surface area contributed by atoms with Gasteiger partial charge < -0.3 is 4.74 Å². The molecule has 2 heterocycles. The molecule has 0 fully saturated rings. The van der Waals surface area contributed by atoms with Gasteiger partial charge in [0.1, 0.15) is 17.6 Å². The minimum Gasteiger partial charge on any atom is -0.464 e. The Labute approximate surface area is 169 Å². The van der Waals surface area contributed by atoms with E-state index in [0.717, 1.165) is 46.7 Å². The average molecular weight is 397 g/mol. The Morgan fingerprint density at radius 3 is 2.93 bits per heavy atom. The van der Waals surface area contributed by atoms with Gasteiger partial charge in [-0.05, 0) is 51.7 Å². The molecule has 1 aliphatic heterocycles. The van der Waals surface area contributed by atoms with Crippen LogP contribution in [0.3, 0.4) is 0 Å². The number of aliphatic imine (C=N–C) groups is 1. The van der Waals surface area contributed by atoms with Gasteiger partial charge in [0, 0.05) is 16.0 Å². The third-order valence-electron chi connectivity index (χ3n) is 5.31. The predicted octanol–water partition coefficient (Wildman–Crippen LogP) is 3.68. The Morgan fingerprint density at radius 1 is 1.36 bits per heavy atom. The van der Waals surface area contributed by atoms with Gasteiger partial charge in [-0.3, -0.25) is 14.7 Å². The van der Waals surface area contributed by atoms with Gasteiger partial charge in [-0.1, -0.05) is 23.8 Å². The minimum absolute atomic E-state index is 0.0309. The number of aryl methyl sites for hydroxylation is 2. The highest BCUT2D eigenvalue weighted by molar-refractivity contribution is 7.17. The molecule has 0 spiro atoms. The van der Waals surface area contributed by atoms with E-state index in [9.17, 15) is 9.59 Å². The van der Waals surface area contributed by atoms with Crippen LogP contribution in [0.2, 0.25) is 0 Å². The number of anilines is 1. The first-order chi connectivity index (χ1) is 13.5. The van der Waals surface area contributed by atoms with Crippen LogP contribution in [0.1, 0.15) is 47.4 Å². The number of fused-ring (bicyclic) bond motifs is 3. The molecule has 6 heteroatoms. The van der Waals surface area contributed by atoms with E-state index in [1.807, 2.05) is 12.1 Å². The summed E-state index contributed by atoms with van der Waals surface area (Å²) in [6.45, 7) is 5.90. The Balaban J connectivity index is 1.87. The zero-order valence-electron chi connectivity index (χ0n) is 16.4. The Hall–Kier alpha value is -2.47. The topological polar surface area (TPSA) is 59.0 Å². The van der Waals surface area contributed by atoms with E-state index in [-0.39, 0.29) is 18.4 Å². The van der Waals surface area contributed by atoms with Crippen molar-refractivity contribution in [2.24, 2.45) is 4.99 Å². The number of carbonyl (C=O) groups excluding carboxylic acids is 2. The number of thiophene rings is 1. The third kappa shape index (κ3) is 3.15. The molecule has 4 rings (SSSR count). The molecule has 0 N–H and O–H groups in total. The monoisotopic (exact) mass is 396 g/mol. The van der Waals surface area contributed by atoms with Crippen LogP contribution < -0.4 is 4.90 Å². The summed E-state index contributed by atoms with van der Waals surface area (Å²) >= 11 is 1.63. The van der Waals surface area contributed by atoms with E-state index >= 15 is 0 Å². The standard InChI is InChI=1S/C22H24N2O3S/c1-4-27-22(26)14(3)24-18(25)12-23-20(15-8-5-7-13(2)11-15)19-16-9-6-10-17(16)28-21(19)24/h5,7-8,11,14H,4,6,9-10,12H2,1-3H3. The van der Waals surface area contributed by atoms with Gasteiger partial charge >= 0.3 is 5.97 Å². The maximum absolute atomic E-state index is 13.0. The second kappa shape index (κ2) is 7.51. The highest BCUT2D eigenvalue weighted by Gasteiger charge is 2.37. The summed E-state index contributed by atoms with van der Waals surface area (Å²) in [7, 11) is 0. The highest BCUT2D eigenvalue weighted by atomic mass is 32.1. The Bertz CT molecular complexity index is 976. The summed E-state index contributed by atoms with van der Waals surface area (Å²) in [6.07, 6.45) is 3.13. The number of rotatable bonds is 4. The lowest BCUT2D eigenvalue weighted by Gasteiger charge is -2.26. The third-order valence-corrected chi connectivity index (χ3v) is 6.60. The van der Waals surface area contributed by atoms with Crippen LogP contribution in [0.15, 0.2) is 29.3 Å². The van der Waals surface area contributed by atoms with Crippen molar-refractivity contribution in [3.63, 3.8) is 0 Å². The lowest BCUT2D eigenvalue weighted by molar-refractivity contribution is -0.145. The first-order valence-electron chi connectivity index (χ1n) is 9.76. The molecule has 146 valence electrons. The summed E-state index contributed by atoms with van der Waals surface area (Å²) in [6, 6.07) is 7.56. The van der Waals surface area contributed by atoms with Crippen molar-refractivity contribution in [1.82, 2.24) is 0 Å². The zero-order chi connectivity index (χ0) is 19.8. The number of hydrogen-bond donors (Lipinski definition) is 0. The van der Waals surface area contributed by atoms with E-state index in [4.69, 9.17) is 9.73 Å². The number of esters is 1. The number of carbonyl (C=O) groups is 2. The zero-order valence-corrected chi connectivity index (χ0v) is 17.3. The van der Waals surface area contributed by atoms with E-state index in [1.54, 1.807) is 30.1 Å². The maximum atomic E-state index is 13.0. The number of hydrogen-bond acceptors (Lipinski definition) is 5. The number of nitrogens with zero attached hydrogens (tertiary/aromatic N) is 2. The Kier molecular flexibility index (Phi) is 5.06. The SMILES string of the molecule is CCOC(=O)C(C)N1C(=O)CN=C(c2cccc(C)c2)c2c1sc1c2CCC1. The molecule has 1 aliphatic carbocycles. The molecule has 1 aromatic heterocycles. The van der Waals surface area contributed by atoms with E-state index in [1.165, 1.54) is 10.4 Å². The van der Waals surface area contributed by atoms with Crippen molar-refractivity contribution in [3.05, 3.63) is 51.4 Å². The molecule has 0 radical (unpaired) electrons. The normalized spacial score (nSPS) is 16.9. The van der Waals surface area contributed by atoms with E-state index < -0.39 is 6.04 Å². The number of ether oxygens (including phenoxy) is 1. The summed E-state index contributed by atoms with van der Waals surface area (Å²) in [4.78, 5) is 33.1. The van der Waals surface area contributed by atoms with Crippen molar-refractivity contribution in [2.75, 3.05) is 18.1 Å². The van der Waals surface area contributed by atoms with E-state index in [0.29, 0.717) is 6.61 Å². The molecular formula is C22H24N2O3S. The van der Waals surface area contributed by atoms with Gasteiger partial charge in [-0.2, -0.15) is 0 Å². The summed E-state index contributed by atoms with van der Waals surface area (Å²) in [5, 5.41) is 0.841. The fourth-order valence-corrected chi connectivity index (χ4v) is 5.49. The molecule has 2 aliphatic rings. The fourth-order valence-electron chi connectivity index (χ4n) is 4.01. The molecule has 1 atom stereocenters. The summed E-state index contributed by atoms with van der Waals surface area (Å²) in [5.74, 6) is -0.543. The van der Waals surface area contributed by atoms with Crippen molar-refractivity contribution in [1.29, 1.82) is 0 Å². The van der Waals surface area contributed by atoms with Gasteiger partial charge in [0.05, 0.1) is 12.3 Å². The molecule has 28 heavy (non-hydrogen) atoms. The number of benzene rings is 1. The van der Waals surface area contributed by atoms with Crippen LogP contribution in [-0.4, -0.2) is 36.8 Å². The smallest absolute Gasteiger partial charge is 0.328 e. The quantitative estimate of drug-likeness (QED) is 0.741. The van der Waals surface area contributed by atoms with Crippen LogP contribution >= 0.6 is 11.3 Å². The molecule has 1 aromatic carbocycles. The molecule has 2 aromatic rings. The van der Waals surface area contributed by atoms with Gasteiger partial charge in [0.15, 0.2) is 0 Å². The van der Waals surface area contributed by atoms with Crippen LogP contribution in [0.4, 0.5) is 5.00 Å².